The summed E-state index contributed by atoms with van der Waals surface area (Å²) in [6, 6.07) is 53.3. The molecule has 0 bridgehead atoms. The summed E-state index contributed by atoms with van der Waals surface area (Å²) in [6.07, 6.45) is 4.69. The van der Waals surface area contributed by atoms with Gasteiger partial charge in [0.15, 0.2) is 0 Å². The van der Waals surface area contributed by atoms with Gasteiger partial charge >= 0.3 is 0 Å². The van der Waals surface area contributed by atoms with Gasteiger partial charge in [-0.25, -0.2) is 0 Å². The molecule has 0 aromatic heterocycles. The third kappa shape index (κ3) is 9.65. The van der Waals surface area contributed by atoms with Crippen molar-refractivity contribution in [2.45, 2.75) is 61.9 Å². The van der Waals surface area contributed by atoms with Gasteiger partial charge in [0, 0.05) is 84.5 Å². The van der Waals surface area contributed by atoms with Crippen molar-refractivity contribution >= 4 is 48.7 Å². The maximum atomic E-state index is 4.13. The van der Waals surface area contributed by atoms with E-state index in [1.807, 2.05) is 0 Å². The largest absolute Gasteiger partial charge is 0.344 e. The molecule has 5 heteroatoms. The predicted octanol–water partition coefficient (Wildman–Crippen LogP) is 11.1. The number of allylic oxidation sites excluding steroid dienone is 2. The van der Waals surface area contributed by atoms with Gasteiger partial charge in [-0.15, -0.1) is 0 Å². The zero-order chi connectivity index (χ0) is 29.7. The first-order chi connectivity index (χ1) is 21.3. The number of rotatable bonds is 16. The molecule has 0 atom stereocenters. The van der Waals surface area contributed by atoms with E-state index in [2.05, 4.69) is 135 Å². The van der Waals surface area contributed by atoms with Crippen LogP contribution in [0.5, 0.6) is 0 Å². The van der Waals surface area contributed by atoms with Crippen LogP contribution in [0.25, 0.3) is 21.5 Å². The Morgan fingerprint density at radius 1 is 0.422 bits per heavy atom. The van der Waals surface area contributed by atoms with Crippen molar-refractivity contribution in [3.8, 4) is 0 Å². The Morgan fingerprint density at radius 3 is 1.04 bits per heavy atom. The molecule has 0 unspecified atom stereocenters. The average molecular weight is 787 g/mol. The molecule has 5 rings (SSSR count). The predicted molar refractivity (Wildman–Crippen MR) is 195 cm³/mol. The van der Waals surface area contributed by atoms with Gasteiger partial charge in [-0.2, -0.15) is 12.8 Å². The Morgan fingerprint density at radius 2 is 0.733 bits per heavy atom. The van der Waals surface area contributed by atoms with E-state index in [0.29, 0.717) is 0 Å². The van der Waals surface area contributed by atoms with Crippen LogP contribution < -0.4 is 0 Å². The van der Waals surface area contributed by atoms with Gasteiger partial charge in [0.1, 0.15) is 8.07 Å². The van der Waals surface area contributed by atoms with E-state index in [9.17, 15) is 0 Å². The Kier molecular flexibility index (Phi) is 17.7. The molecule has 45 heavy (non-hydrogen) atoms. The smallest absolute Gasteiger partial charge is 0.121 e. The van der Waals surface area contributed by atoms with Gasteiger partial charge in [-0.05, 0) is 55.9 Å². The minimum Gasteiger partial charge on any atom is -0.344 e. The van der Waals surface area contributed by atoms with E-state index in [1.54, 1.807) is 10.4 Å². The van der Waals surface area contributed by atoms with Gasteiger partial charge < -0.3 is 13.8 Å². The van der Waals surface area contributed by atoms with Crippen molar-refractivity contribution in [2.24, 2.45) is 0 Å². The van der Waals surface area contributed by atoms with E-state index in [0.717, 1.165) is 31.9 Å². The fraction of sp³-hybridized carbons (Fsp3) is 0.250. The average Bonchev–Trinajstić information content (AvgIpc) is 3.37. The summed E-state index contributed by atoms with van der Waals surface area (Å²) in [5, 5.41) is 3.33. The summed E-state index contributed by atoms with van der Waals surface area (Å²) in [5.41, 5.74) is 8.50. The minimum absolute atomic E-state index is 0. The standard InChI is InChI=1S/C40H44Si3.2Y/c1-3-27-41-29-17-31-43(32-18-30-42-28-4-2)39(35-23-13-7-14-24-35)37(33-19-9-5-10-20-33)38(34-21-11-6-12-22-34)40(43)36-25-15-8-16-26-36;;/h5-16,19-26H,1-4,17-18,27-32H2;;/q-2;;. The molecule has 0 nitrogen and oxygen atoms in total. The van der Waals surface area contributed by atoms with Gasteiger partial charge in [0.05, 0.1) is 0 Å². The summed E-state index contributed by atoms with van der Waals surface area (Å²) < 4.78 is 0. The molecule has 0 fully saturated rings. The van der Waals surface area contributed by atoms with Crippen molar-refractivity contribution in [2.75, 3.05) is 0 Å². The van der Waals surface area contributed by atoms with Gasteiger partial charge in [0.25, 0.3) is 0 Å². The topological polar surface area (TPSA) is 0 Å². The molecular weight excluding hydrogens is 743 g/mol. The summed E-state index contributed by atoms with van der Waals surface area (Å²) in [7, 11) is -0.215. The van der Waals surface area contributed by atoms with E-state index in [-0.39, 0.29) is 65.4 Å². The zero-order valence-corrected chi connectivity index (χ0v) is 35.4. The molecule has 1 heterocycles. The van der Waals surface area contributed by atoms with Crippen LogP contribution in [-0.2, 0) is 65.4 Å². The Labute approximate surface area is 329 Å². The number of hydrogen-bond donors (Lipinski definition) is 0. The minimum atomic E-state index is -2.25. The van der Waals surface area contributed by atoms with Gasteiger partial charge in [-0.3, -0.25) is 0 Å². The van der Waals surface area contributed by atoms with Crippen LogP contribution in [0.2, 0.25) is 36.3 Å². The zero-order valence-electron chi connectivity index (χ0n) is 26.7. The molecule has 0 amide bonds. The molecule has 224 valence electrons. The second-order valence-electron chi connectivity index (χ2n) is 11.5. The molecule has 4 aromatic carbocycles. The molecule has 0 saturated heterocycles. The molecule has 1 aliphatic rings. The molecule has 0 N–H and O–H groups in total. The fourth-order valence-electron chi connectivity index (χ4n) is 6.85. The van der Waals surface area contributed by atoms with Crippen LogP contribution in [-0.4, -0.2) is 27.1 Å². The maximum Gasteiger partial charge on any atom is 0.121 e. The van der Waals surface area contributed by atoms with E-state index < -0.39 is 8.07 Å². The molecular formula is C40H44Si3Y2-2. The van der Waals surface area contributed by atoms with Crippen LogP contribution in [0.3, 0.4) is 0 Å². The first-order valence-electron chi connectivity index (χ1n) is 16.0. The second-order valence-corrected chi connectivity index (χ2v) is 18.6. The molecule has 1 aliphatic heterocycles. The Balaban J connectivity index is 0.00000276. The quantitative estimate of drug-likeness (QED) is 0.0603. The summed E-state index contributed by atoms with van der Waals surface area (Å²) in [6.45, 7) is 8.25. The van der Waals surface area contributed by atoms with Crippen molar-refractivity contribution in [3.63, 3.8) is 0 Å². The van der Waals surface area contributed by atoms with Crippen LogP contribution in [0.15, 0.2) is 121 Å². The summed E-state index contributed by atoms with van der Waals surface area (Å²) >= 11 is 0. The monoisotopic (exact) mass is 786 g/mol. The van der Waals surface area contributed by atoms with Gasteiger partial charge in [0.2, 0.25) is 0 Å². The van der Waals surface area contributed by atoms with Crippen molar-refractivity contribution in [1.29, 1.82) is 0 Å². The summed E-state index contributed by atoms with van der Waals surface area (Å²) in [5.74, 6) is 0. The Bertz CT molecular complexity index is 1350. The number of benzene rings is 4. The second kappa shape index (κ2) is 20.6. The third-order valence-electron chi connectivity index (χ3n) is 8.58. The van der Waals surface area contributed by atoms with Crippen LogP contribution >= 0.6 is 0 Å². The molecule has 0 spiro atoms. The third-order valence-corrected chi connectivity index (χ3v) is 16.8. The van der Waals surface area contributed by atoms with Crippen molar-refractivity contribution in [1.82, 2.24) is 0 Å². The van der Waals surface area contributed by atoms with E-state index in [1.165, 1.54) is 82.5 Å². The van der Waals surface area contributed by atoms with E-state index in [4.69, 9.17) is 0 Å². The molecule has 4 aromatic rings. The normalized spacial score (nSPS) is 13.8. The van der Waals surface area contributed by atoms with Crippen LogP contribution in [0.4, 0.5) is 0 Å². The first kappa shape index (κ1) is 38.7. The fourth-order valence-corrected chi connectivity index (χ4v) is 15.4. The van der Waals surface area contributed by atoms with Crippen molar-refractivity contribution < 1.29 is 65.4 Å². The first-order valence-corrected chi connectivity index (χ1v) is 21.3. The molecule has 0 saturated carbocycles. The number of hydrogen-bond acceptors (Lipinski definition) is 0. The SMILES string of the molecule is [CH2-]CC[Si]CCC[Si]1(CCC[Si]CC[CH2-])C(c2ccccc2)=C(c2ccccc2)C(c2ccccc2)=C1c1ccccc1.[Y].[Y]. The van der Waals surface area contributed by atoms with Crippen molar-refractivity contribution in [3.05, 3.63) is 157 Å². The maximum absolute atomic E-state index is 4.13. The van der Waals surface area contributed by atoms with Crippen LogP contribution in [0.1, 0.15) is 47.9 Å². The van der Waals surface area contributed by atoms with Gasteiger partial charge in [-0.1, -0.05) is 158 Å². The molecule has 0 aliphatic carbocycles. The molecule has 6 radical (unpaired) electrons. The Hall–Kier alpha value is -0.782. The van der Waals surface area contributed by atoms with E-state index >= 15 is 0 Å². The van der Waals surface area contributed by atoms with Crippen LogP contribution in [0, 0.1) is 13.8 Å². The summed E-state index contributed by atoms with van der Waals surface area (Å²) in [4.78, 5) is 0.